The van der Waals surface area contributed by atoms with E-state index in [2.05, 4.69) is 5.10 Å². The second kappa shape index (κ2) is 2.40. The quantitative estimate of drug-likeness (QED) is 0.729. The lowest BCUT2D eigenvalue weighted by atomic mass is 9.91. The summed E-state index contributed by atoms with van der Waals surface area (Å²) in [6, 6.07) is 0. The zero-order valence-corrected chi connectivity index (χ0v) is 8.70. The van der Waals surface area contributed by atoms with Gasteiger partial charge in [0.05, 0.1) is 11.9 Å². The zero-order chi connectivity index (χ0) is 9.92. The maximum Gasteiger partial charge on any atom is 0.109 e. The van der Waals surface area contributed by atoms with Crippen LogP contribution in [0.1, 0.15) is 30.5 Å². The van der Waals surface area contributed by atoms with E-state index in [1.165, 1.54) is 12.8 Å². The Bertz CT molecular complexity index is 365. The molecule has 0 saturated heterocycles. The molecule has 3 unspecified atom stereocenters. The van der Waals surface area contributed by atoms with E-state index in [0.717, 1.165) is 23.6 Å². The van der Waals surface area contributed by atoms with Crippen molar-refractivity contribution in [3.8, 4) is 0 Å². The third-order valence-corrected chi connectivity index (χ3v) is 3.96. The molecule has 0 spiro atoms. The van der Waals surface area contributed by atoms with E-state index >= 15 is 0 Å². The number of rotatable bonds is 1. The first-order valence-electron chi connectivity index (χ1n) is 5.34. The van der Waals surface area contributed by atoms with Gasteiger partial charge in [-0.25, -0.2) is 0 Å². The topological polar surface area (TPSA) is 38.0 Å². The average Bonchev–Trinajstić information content (AvgIpc) is 2.76. The SMILES string of the molecule is Cc1cnn(C)c1C1(O)CCC2CC21. The third kappa shape index (κ3) is 0.883. The number of nitrogens with zero attached hydrogens (tertiary/aromatic N) is 2. The first-order valence-corrected chi connectivity index (χ1v) is 5.34. The van der Waals surface area contributed by atoms with Gasteiger partial charge in [0.2, 0.25) is 0 Å². The monoisotopic (exact) mass is 192 g/mol. The van der Waals surface area contributed by atoms with Gasteiger partial charge in [-0.05, 0) is 43.6 Å². The van der Waals surface area contributed by atoms with E-state index in [4.69, 9.17) is 0 Å². The van der Waals surface area contributed by atoms with E-state index in [0.29, 0.717) is 5.92 Å². The Morgan fingerprint density at radius 1 is 1.64 bits per heavy atom. The van der Waals surface area contributed by atoms with Gasteiger partial charge in [0.15, 0.2) is 0 Å². The fraction of sp³-hybridized carbons (Fsp3) is 0.727. The third-order valence-electron chi connectivity index (χ3n) is 3.96. The van der Waals surface area contributed by atoms with Crippen molar-refractivity contribution >= 4 is 0 Å². The van der Waals surface area contributed by atoms with Crippen LogP contribution in [0.5, 0.6) is 0 Å². The molecule has 0 aliphatic heterocycles. The summed E-state index contributed by atoms with van der Waals surface area (Å²) >= 11 is 0. The molecule has 1 N–H and O–H groups in total. The van der Waals surface area contributed by atoms with Gasteiger partial charge in [-0.15, -0.1) is 0 Å². The number of hydrogen-bond acceptors (Lipinski definition) is 2. The molecule has 1 aromatic rings. The second-order valence-electron chi connectivity index (χ2n) is 4.87. The Morgan fingerprint density at radius 3 is 2.86 bits per heavy atom. The minimum absolute atomic E-state index is 0.511. The molecule has 14 heavy (non-hydrogen) atoms. The first-order chi connectivity index (χ1) is 6.63. The molecular weight excluding hydrogens is 176 g/mol. The maximum absolute atomic E-state index is 10.7. The van der Waals surface area contributed by atoms with E-state index < -0.39 is 5.60 Å². The van der Waals surface area contributed by atoms with Crippen LogP contribution in [-0.2, 0) is 12.6 Å². The maximum atomic E-state index is 10.7. The minimum Gasteiger partial charge on any atom is -0.383 e. The molecule has 2 saturated carbocycles. The normalized spacial score (nSPS) is 39.9. The first kappa shape index (κ1) is 8.48. The molecule has 1 aromatic heterocycles. The number of hydrogen-bond donors (Lipinski definition) is 1. The molecule has 76 valence electrons. The average molecular weight is 192 g/mol. The number of aliphatic hydroxyl groups is 1. The van der Waals surface area contributed by atoms with Gasteiger partial charge in [-0.1, -0.05) is 0 Å². The summed E-state index contributed by atoms with van der Waals surface area (Å²) in [5.41, 5.74) is 1.60. The van der Waals surface area contributed by atoms with Crippen molar-refractivity contribution in [2.45, 2.75) is 31.8 Å². The van der Waals surface area contributed by atoms with Crippen molar-refractivity contribution in [3.05, 3.63) is 17.5 Å². The van der Waals surface area contributed by atoms with Crippen LogP contribution in [0.15, 0.2) is 6.20 Å². The summed E-state index contributed by atoms with van der Waals surface area (Å²) in [6.07, 6.45) is 5.17. The highest BCUT2D eigenvalue weighted by atomic mass is 16.3. The fourth-order valence-corrected chi connectivity index (χ4v) is 3.21. The van der Waals surface area contributed by atoms with Crippen LogP contribution >= 0.6 is 0 Å². The van der Waals surface area contributed by atoms with Crippen molar-refractivity contribution in [1.29, 1.82) is 0 Å². The molecule has 0 amide bonds. The van der Waals surface area contributed by atoms with Gasteiger partial charge in [-0.3, -0.25) is 4.68 Å². The van der Waals surface area contributed by atoms with E-state index in [1.54, 1.807) is 0 Å². The van der Waals surface area contributed by atoms with Crippen LogP contribution in [0.2, 0.25) is 0 Å². The lowest BCUT2D eigenvalue weighted by Gasteiger charge is -2.25. The van der Waals surface area contributed by atoms with Crippen LogP contribution in [0.4, 0.5) is 0 Å². The molecule has 0 aromatic carbocycles. The van der Waals surface area contributed by atoms with Crippen molar-refractivity contribution in [1.82, 2.24) is 9.78 Å². The largest absolute Gasteiger partial charge is 0.383 e. The molecule has 2 aliphatic carbocycles. The predicted octanol–water partition coefficient (Wildman–Crippen LogP) is 1.35. The Labute approximate surface area is 83.7 Å². The molecule has 0 bridgehead atoms. The second-order valence-corrected chi connectivity index (χ2v) is 4.87. The highest BCUT2D eigenvalue weighted by Crippen LogP contribution is 2.61. The number of fused-ring (bicyclic) bond motifs is 1. The van der Waals surface area contributed by atoms with Gasteiger partial charge in [0.1, 0.15) is 5.60 Å². The molecule has 1 heterocycles. The molecule has 3 nitrogen and oxygen atoms in total. The highest BCUT2D eigenvalue weighted by molar-refractivity contribution is 5.28. The molecule has 3 atom stereocenters. The highest BCUT2D eigenvalue weighted by Gasteiger charge is 2.59. The van der Waals surface area contributed by atoms with Gasteiger partial charge >= 0.3 is 0 Å². The van der Waals surface area contributed by atoms with Crippen LogP contribution in [0.3, 0.4) is 0 Å². The Morgan fingerprint density at radius 2 is 2.43 bits per heavy atom. The summed E-state index contributed by atoms with van der Waals surface area (Å²) in [4.78, 5) is 0. The van der Waals surface area contributed by atoms with E-state index in [1.807, 2.05) is 24.9 Å². The van der Waals surface area contributed by atoms with Gasteiger partial charge in [0.25, 0.3) is 0 Å². The standard InChI is InChI=1S/C11H16N2O/c1-7-6-12-13(2)10(7)11(14)4-3-8-5-9(8)11/h6,8-9,14H,3-5H2,1-2H3. The molecule has 2 aliphatic rings. The summed E-state index contributed by atoms with van der Waals surface area (Å²) in [7, 11) is 1.93. The van der Waals surface area contributed by atoms with Crippen molar-refractivity contribution in [2.75, 3.05) is 0 Å². The molecule has 3 rings (SSSR count). The van der Waals surface area contributed by atoms with Crippen molar-refractivity contribution in [2.24, 2.45) is 18.9 Å². The van der Waals surface area contributed by atoms with Crippen molar-refractivity contribution in [3.63, 3.8) is 0 Å². The Balaban J connectivity index is 2.09. The van der Waals surface area contributed by atoms with Crippen LogP contribution in [-0.4, -0.2) is 14.9 Å². The van der Waals surface area contributed by atoms with E-state index in [-0.39, 0.29) is 0 Å². The Kier molecular flexibility index (Phi) is 1.45. The summed E-state index contributed by atoms with van der Waals surface area (Å²) in [5.74, 6) is 1.30. The van der Waals surface area contributed by atoms with Gasteiger partial charge < -0.3 is 5.11 Å². The lowest BCUT2D eigenvalue weighted by molar-refractivity contribution is 0.0121. The molecule has 3 heteroatoms. The summed E-state index contributed by atoms with van der Waals surface area (Å²) in [5, 5.41) is 14.9. The summed E-state index contributed by atoms with van der Waals surface area (Å²) < 4.78 is 1.84. The number of aryl methyl sites for hydroxylation is 2. The molecule has 2 fully saturated rings. The van der Waals surface area contributed by atoms with Crippen LogP contribution < -0.4 is 0 Å². The molecular formula is C11H16N2O. The smallest absolute Gasteiger partial charge is 0.109 e. The van der Waals surface area contributed by atoms with Crippen LogP contribution in [0, 0.1) is 18.8 Å². The lowest BCUT2D eigenvalue weighted by Crippen LogP contribution is -2.29. The van der Waals surface area contributed by atoms with Gasteiger partial charge in [-0.2, -0.15) is 5.10 Å². The Hall–Kier alpha value is -0.830. The zero-order valence-electron chi connectivity index (χ0n) is 8.70. The number of aromatic nitrogens is 2. The minimum atomic E-state index is -0.569. The van der Waals surface area contributed by atoms with E-state index in [9.17, 15) is 5.11 Å². The summed E-state index contributed by atoms with van der Waals surface area (Å²) in [6.45, 7) is 2.04. The van der Waals surface area contributed by atoms with Gasteiger partial charge in [0, 0.05) is 7.05 Å². The predicted molar refractivity (Wildman–Crippen MR) is 52.7 cm³/mol. The molecule has 0 radical (unpaired) electrons. The van der Waals surface area contributed by atoms with Crippen molar-refractivity contribution < 1.29 is 5.11 Å². The fourth-order valence-electron chi connectivity index (χ4n) is 3.21. The van der Waals surface area contributed by atoms with Crippen LogP contribution in [0.25, 0.3) is 0 Å².